The van der Waals surface area contributed by atoms with Crippen molar-refractivity contribution in [3.63, 3.8) is 0 Å². The zero-order chi connectivity index (χ0) is 10.8. The van der Waals surface area contributed by atoms with Crippen LogP contribution in [0.3, 0.4) is 0 Å². The van der Waals surface area contributed by atoms with E-state index in [0.717, 1.165) is 0 Å². The lowest BCUT2D eigenvalue weighted by atomic mass is 10.5. The quantitative estimate of drug-likeness (QED) is 0.309. The fourth-order valence-corrected chi connectivity index (χ4v) is 0.584. The Balaban J connectivity index is 3.68. The molecule has 0 aromatic heterocycles. The molecular formula is C9H19N5. The van der Waals surface area contributed by atoms with Gasteiger partial charge >= 0.3 is 0 Å². The Morgan fingerprint density at radius 3 is 2.79 bits per heavy atom. The first kappa shape index (κ1) is 12.5. The van der Waals surface area contributed by atoms with E-state index in [9.17, 15) is 0 Å². The van der Waals surface area contributed by atoms with Crippen LogP contribution in [0.1, 0.15) is 0 Å². The minimum absolute atomic E-state index is 0.608. The van der Waals surface area contributed by atoms with Crippen molar-refractivity contribution < 1.29 is 0 Å². The zero-order valence-electron chi connectivity index (χ0n) is 8.99. The summed E-state index contributed by atoms with van der Waals surface area (Å²) >= 11 is 0. The van der Waals surface area contributed by atoms with Crippen LogP contribution in [0.15, 0.2) is 29.2 Å². The van der Waals surface area contributed by atoms with Gasteiger partial charge in [-0.25, -0.2) is 0 Å². The van der Waals surface area contributed by atoms with Crippen LogP contribution in [0.2, 0.25) is 0 Å². The maximum absolute atomic E-state index is 5.64. The number of nitrogens with zero attached hydrogens (tertiary/aromatic N) is 2. The third-order valence-corrected chi connectivity index (χ3v) is 1.39. The summed E-state index contributed by atoms with van der Waals surface area (Å²) in [5.74, 6) is 0.704. The predicted molar refractivity (Wildman–Crippen MR) is 60.7 cm³/mol. The topological polar surface area (TPSA) is 65.7 Å². The minimum atomic E-state index is 0.608. The molecule has 0 rings (SSSR count). The van der Waals surface area contributed by atoms with Gasteiger partial charge in [-0.15, -0.1) is 0 Å². The number of rotatable bonds is 6. The van der Waals surface area contributed by atoms with E-state index in [1.165, 1.54) is 0 Å². The van der Waals surface area contributed by atoms with Gasteiger partial charge in [-0.1, -0.05) is 0 Å². The molecule has 0 amide bonds. The van der Waals surface area contributed by atoms with Crippen molar-refractivity contribution in [2.45, 2.75) is 0 Å². The van der Waals surface area contributed by atoms with Gasteiger partial charge in [-0.05, 0) is 19.2 Å². The van der Waals surface area contributed by atoms with Gasteiger partial charge in [-0.3, -0.25) is 4.99 Å². The van der Waals surface area contributed by atoms with Gasteiger partial charge in [0.1, 0.15) is 0 Å². The maximum Gasteiger partial charge on any atom is 0.0981 e. The number of allylic oxidation sites excluding steroid dienone is 2. The minimum Gasteiger partial charge on any atom is -0.385 e. The lowest BCUT2D eigenvalue weighted by Gasteiger charge is -2.10. The largest absolute Gasteiger partial charge is 0.385 e. The summed E-state index contributed by atoms with van der Waals surface area (Å²) in [6.45, 7) is 0.608. The molecule has 0 radical (unpaired) electrons. The summed E-state index contributed by atoms with van der Waals surface area (Å²) in [6, 6.07) is 0. The van der Waals surface area contributed by atoms with E-state index in [4.69, 9.17) is 5.73 Å². The van der Waals surface area contributed by atoms with E-state index in [0.29, 0.717) is 12.5 Å². The average Bonchev–Trinajstić information content (AvgIpc) is 2.16. The van der Waals surface area contributed by atoms with Gasteiger partial charge < -0.3 is 21.3 Å². The van der Waals surface area contributed by atoms with Crippen molar-refractivity contribution in [3.8, 4) is 0 Å². The molecule has 4 N–H and O–H groups in total. The molecule has 5 nitrogen and oxygen atoms in total. The first-order valence-corrected chi connectivity index (χ1v) is 4.37. The molecule has 0 aliphatic carbocycles. The van der Waals surface area contributed by atoms with Gasteiger partial charge in [-0.2, -0.15) is 0 Å². The number of hydrogen-bond acceptors (Lipinski definition) is 4. The Morgan fingerprint density at radius 1 is 1.50 bits per heavy atom. The molecule has 80 valence electrons. The van der Waals surface area contributed by atoms with Crippen molar-refractivity contribution in [2.75, 3.05) is 27.8 Å². The van der Waals surface area contributed by atoms with Gasteiger partial charge in [0.05, 0.1) is 18.8 Å². The molecule has 14 heavy (non-hydrogen) atoms. The Labute approximate surface area is 85.4 Å². The smallest absolute Gasteiger partial charge is 0.0981 e. The molecular weight excluding hydrogens is 178 g/mol. The Morgan fingerprint density at radius 2 is 2.21 bits per heavy atom. The summed E-state index contributed by atoms with van der Waals surface area (Å²) in [7, 11) is 5.62. The van der Waals surface area contributed by atoms with Gasteiger partial charge in [0.15, 0.2) is 0 Å². The van der Waals surface area contributed by atoms with Crippen LogP contribution in [0, 0.1) is 0 Å². The molecule has 0 aromatic carbocycles. The highest BCUT2D eigenvalue weighted by atomic mass is 15.1. The van der Waals surface area contributed by atoms with Crippen LogP contribution < -0.4 is 16.4 Å². The van der Waals surface area contributed by atoms with Crippen molar-refractivity contribution in [1.82, 2.24) is 15.5 Å². The molecule has 0 heterocycles. The fourth-order valence-electron chi connectivity index (χ4n) is 0.584. The zero-order valence-corrected chi connectivity index (χ0v) is 8.99. The first-order valence-electron chi connectivity index (χ1n) is 4.37. The molecule has 0 fully saturated rings. The number of hydrogen-bond donors (Lipinski definition) is 3. The van der Waals surface area contributed by atoms with Crippen LogP contribution in [0.25, 0.3) is 0 Å². The van der Waals surface area contributed by atoms with Crippen molar-refractivity contribution in [1.29, 1.82) is 0 Å². The normalized spacial score (nSPS) is 12.6. The van der Waals surface area contributed by atoms with Gasteiger partial charge in [0.2, 0.25) is 0 Å². The molecule has 0 aliphatic rings. The van der Waals surface area contributed by atoms with E-state index in [2.05, 4.69) is 15.6 Å². The van der Waals surface area contributed by atoms with Crippen LogP contribution in [0.5, 0.6) is 0 Å². The molecule has 0 saturated heterocycles. The van der Waals surface area contributed by atoms with Crippen molar-refractivity contribution in [2.24, 2.45) is 10.7 Å². The second-order valence-corrected chi connectivity index (χ2v) is 2.84. The molecule has 0 aromatic rings. The standard InChI is InChI=1S/C9H19N5/c1-11-7-13-8-12-6-4-5-9(10)14(2)3/h4-6,8,11H,7,10H2,1-3H3,(H,12,13)/b6-4-,9-5-. The number of aliphatic imine (C=N–C) groups is 1. The van der Waals surface area contributed by atoms with E-state index in [1.807, 2.05) is 32.1 Å². The lowest BCUT2D eigenvalue weighted by Crippen LogP contribution is -2.17. The van der Waals surface area contributed by atoms with Gasteiger partial charge in [0.25, 0.3) is 0 Å². The highest BCUT2D eigenvalue weighted by Crippen LogP contribution is 1.87. The molecule has 0 aliphatic heterocycles. The predicted octanol–water partition coefficient (Wildman–Crippen LogP) is -0.343. The molecule has 0 unspecified atom stereocenters. The molecule has 0 atom stereocenters. The maximum atomic E-state index is 5.64. The monoisotopic (exact) mass is 197 g/mol. The molecule has 5 heteroatoms. The lowest BCUT2D eigenvalue weighted by molar-refractivity contribution is 0.506. The summed E-state index contributed by atoms with van der Waals surface area (Å²) < 4.78 is 0. The Kier molecular flexibility index (Phi) is 7.26. The second kappa shape index (κ2) is 8.12. The highest BCUT2D eigenvalue weighted by Gasteiger charge is 1.86. The molecule has 0 saturated carbocycles. The summed E-state index contributed by atoms with van der Waals surface area (Å²) in [4.78, 5) is 5.81. The van der Waals surface area contributed by atoms with Crippen molar-refractivity contribution in [3.05, 3.63) is 24.2 Å². The second-order valence-electron chi connectivity index (χ2n) is 2.84. The first-order chi connectivity index (χ1) is 6.68. The van der Waals surface area contributed by atoms with Crippen molar-refractivity contribution >= 4 is 6.34 Å². The SMILES string of the molecule is CNCN=CN/C=C\C=C(\N)N(C)C. The molecule has 0 bridgehead atoms. The van der Waals surface area contributed by atoms with E-state index in [-0.39, 0.29) is 0 Å². The summed E-state index contributed by atoms with van der Waals surface area (Å²) in [5.41, 5.74) is 5.64. The fraction of sp³-hybridized carbons (Fsp3) is 0.444. The average molecular weight is 197 g/mol. The van der Waals surface area contributed by atoms with E-state index >= 15 is 0 Å². The third-order valence-electron chi connectivity index (χ3n) is 1.39. The molecule has 0 spiro atoms. The van der Waals surface area contributed by atoms with E-state index in [1.54, 1.807) is 18.6 Å². The van der Waals surface area contributed by atoms with E-state index < -0.39 is 0 Å². The Hall–Kier alpha value is -1.49. The van der Waals surface area contributed by atoms with Crippen LogP contribution in [-0.2, 0) is 0 Å². The number of nitrogens with two attached hydrogens (primary N) is 1. The van der Waals surface area contributed by atoms with Gasteiger partial charge in [0, 0.05) is 20.3 Å². The summed E-state index contributed by atoms with van der Waals surface area (Å²) in [5, 5.41) is 5.77. The van der Waals surface area contributed by atoms with Crippen LogP contribution >= 0.6 is 0 Å². The van der Waals surface area contributed by atoms with Crippen LogP contribution in [-0.4, -0.2) is 39.1 Å². The highest BCUT2D eigenvalue weighted by molar-refractivity contribution is 5.55. The third kappa shape index (κ3) is 7.17. The summed E-state index contributed by atoms with van der Waals surface area (Å²) in [6.07, 6.45) is 7.00. The number of nitrogens with one attached hydrogen (secondary N) is 2. The van der Waals surface area contributed by atoms with Crippen LogP contribution in [0.4, 0.5) is 0 Å². The Bertz CT molecular complexity index is 217.